The van der Waals surface area contributed by atoms with Crippen LogP contribution in [0.25, 0.3) is 0 Å². The summed E-state index contributed by atoms with van der Waals surface area (Å²) in [5.41, 5.74) is 0.0309. The average Bonchev–Trinajstić information content (AvgIpc) is 2.71. The number of hydrogen-bond acceptors (Lipinski definition) is 5. The molecular formula is C8H8NO5P. The Balaban J connectivity index is 2.00. The van der Waals surface area contributed by atoms with Crippen molar-refractivity contribution in [3.8, 4) is 5.75 Å². The van der Waals surface area contributed by atoms with Crippen LogP contribution in [0.1, 0.15) is 0 Å². The van der Waals surface area contributed by atoms with Crippen LogP contribution in [0, 0.1) is 10.1 Å². The minimum absolute atomic E-state index is 0.0309. The number of nitro benzene ring substituents is 1. The average molecular weight is 229 g/mol. The molecule has 0 amide bonds. The second-order valence-corrected chi connectivity index (χ2v) is 3.88. The van der Waals surface area contributed by atoms with Crippen molar-refractivity contribution in [3.05, 3.63) is 34.4 Å². The predicted octanol–water partition coefficient (Wildman–Crippen LogP) is 2.25. The molecule has 15 heavy (non-hydrogen) atoms. The van der Waals surface area contributed by atoms with E-state index >= 15 is 0 Å². The van der Waals surface area contributed by atoms with Crippen molar-refractivity contribution in [2.75, 3.05) is 13.2 Å². The molecule has 2 rings (SSSR count). The minimum atomic E-state index is -1.32. The first-order valence-electron chi connectivity index (χ1n) is 4.24. The molecule has 0 unspecified atom stereocenters. The molecule has 1 saturated heterocycles. The van der Waals surface area contributed by atoms with Crippen LogP contribution in [0.3, 0.4) is 0 Å². The standard InChI is InChI=1S/C8H8NO5P/c10-9(11)7-1-3-8(4-2-7)14-15-12-5-6-13-15/h1-4H,5-6H2. The van der Waals surface area contributed by atoms with Crippen molar-refractivity contribution in [3.63, 3.8) is 0 Å². The van der Waals surface area contributed by atoms with Gasteiger partial charge in [-0.05, 0) is 12.1 Å². The molecule has 1 aliphatic heterocycles. The zero-order chi connectivity index (χ0) is 10.7. The highest BCUT2D eigenvalue weighted by atomic mass is 31.2. The van der Waals surface area contributed by atoms with Gasteiger partial charge in [-0.1, -0.05) is 0 Å². The van der Waals surface area contributed by atoms with E-state index in [-0.39, 0.29) is 5.69 Å². The van der Waals surface area contributed by atoms with Crippen LogP contribution in [0.15, 0.2) is 24.3 Å². The summed E-state index contributed by atoms with van der Waals surface area (Å²) in [6, 6.07) is 5.79. The van der Waals surface area contributed by atoms with Crippen LogP contribution in [-0.4, -0.2) is 18.1 Å². The van der Waals surface area contributed by atoms with Gasteiger partial charge in [-0.15, -0.1) is 0 Å². The van der Waals surface area contributed by atoms with E-state index in [9.17, 15) is 10.1 Å². The fraction of sp³-hybridized carbons (Fsp3) is 0.250. The monoisotopic (exact) mass is 229 g/mol. The summed E-state index contributed by atoms with van der Waals surface area (Å²) in [4.78, 5) is 9.92. The molecular weight excluding hydrogens is 221 g/mol. The van der Waals surface area contributed by atoms with Crippen LogP contribution in [-0.2, 0) is 9.05 Å². The van der Waals surface area contributed by atoms with Gasteiger partial charge in [0.15, 0.2) is 0 Å². The SMILES string of the molecule is O=[N+]([O-])c1ccc(OP2OCCO2)cc1. The topological polar surface area (TPSA) is 70.8 Å². The molecule has 1 aromatic rings. The van der Waals surface area contributed by atoms with Crippen LogP contribution in [0.4, 0.5) is 5.69 Å². The third-order valence-corrected chi connectivity index (χ3v) is 2.85. The predicted molar refractivity (Wildman–Crippen MR) is 52.5 cm³/mol. The molecule has 1 aliphatic rings. The van der Waals surface area contributed by atoms with Gasteiger partial charge in [0.25, 0.3) is 5.69 Å². The normalized spacial score (nSPS) is 16.5. The number of nitro groups is 1. The maximum absolute atomic E-state index is 10.4. The molecule has 0 bridgehead atoms. The van der Waals surface area contributed by atoms with E-state index in [1.54, 1.807) is 0 Å². The highest BCUT2D eigenvalue weighted by Gasteiger charge is 2.20. The molecule has 0 spiro atoms. The third-order valence-electron chi connectivity index (χ3n) is 1.70. The van der Waals surface area contributed by atoms with E-state index < -0.39 is 13.5 Å². The summed E-state index contributed by atoms with van der Waals surface area (Å²) in [5.74, 6) is 0.508. The van der Waals surface area contributed by atoms with Crippen LogP contribution in [0.2, 0.25) is 0 Å². The summed E-state index contributed by atoms with van der Waals surface area (Å²) in [7, 11) is -1.32. The fourth-order valence-electron chi connectivity index (χ4n) is 1.03. The van der Waals surface area contributed by atoms with Crippen molar-refractivity contribution < 1.29 is 18.5 Å². The maximum atomic E-state index is 10.4. The summed E-state index contributed by atoms with van der Waals surface area (Å²) in [5, 5.41) is 10.4. The Hall–Kier alpha value is -1.23. The molecule has 7 heteroatoms. The highest BCUT2D eigenvalue weighted by molar-refractivity contribution is 7.42. The zero-order valence-electron chi connectivity index (χ0n) is 7.66. The fourth-order valence-corrected chi connectivity index (χ4v) is 1.95. The molecule has 0 aliphatic carbocycles. The van der Waals surface area contributed by atoms with Crippen LogP contribution >= 0.6 is 8.60 Å². The first-order valence-corrected chi connectivity index (χ1v) is 5.33. The number of nitrogens with zero attached hydrogens (tertiary/aromatic N) is 1. The van der Waals surface area contributed by atoms with Gasteiger partial charge in [0.1, 0.15) is 5.75 Å². The third kappa shape index (κ3) is 2.62. The molecule has 6 nitrogen and oxygen atoms in total. The van der Waals surface area contributed by atoms with Gasteiger partial charge in [-0.3, -0.25) is 10.1 Å². The smallest absolute Gasteiger partial charge is 0.397 e. The lowest BCUT2D eigenvalue weighted by atomic mass is 10.3. The molecule has 1 aromatic carbocycles. The van der Waals surface area contributed by atoms with Gasteiger partial charge in [0.2, 0.25) is 0 Å². The van der Waals surface area contributed by atoms with E-state index in [2.05, 4.69) is 0 Å². The number of benzene rings is 1. The van der Waals surface area contributed by atoms with Gasteiger partial charge < -0.3 is 13.6 Å². The lowest BCUT2D eigenvalue weighted by molar-refractivity contribution is -0.384. The van der Waals surface area contributed by atoms with E-state index in [4.69, 9.17) is 13.6 Å². The number of non-ortho nitro benzene ring substituents is 1. The number of rotatable bonds is 3. The molecule has 0 N–H and O–H groups in total. The molecule has 1 fully saturated rings. The Bertz CT molecular complexity index is 349. The van der Waals surface area contributed by atoms with Crippen LogP contribution in [0.5, 0.6) is 5.75 Å². The second-order valence-electron chi connectivity index (χ2n) is 2.73. The van der Waals surface area contributed by atoms with Crippen molar-refractivity contribution in [1.82, 2.24) is 0 Å². The Kier molecular flexibility index (Phi) is 3.11. The van der Waals surface area contributed by atoms with Gasteiger partial charge in [-0.25, -0.2) is 0 Å². The van der Waals surface area contributed by atoms with Gasteiger partial charge in [0.05, 0.1) is 18.1 Å². The lowest BCUT2D eigenvalue weighted by Crippen LogP contribution is -1.89. The summed E-state index contributed by atoms with van der Waals surface area (Å²) in [6.45, 7) is 1.05. The largest absolute Gasteiger partial charge is 0.427 e. The molecule has 1 heterocycles. The van der Waals surface area contributed by atoms with Crippen molar-refractivity contribution in [1.29, 1.82) is 0 Å². The maximum Gasteiger partial charge on any atom is 0.397 e. The van der Waals surface area contributed by atoms with E-state index in [1.807, 2.05) is 0 Å². The first-order chi connectivity index (χ1) is 7.25. The Morgan fingerprint density at radius 3 is 2.40 bits per heavy atom. The summed E-state index contributed by atoms with van der Waals surface area (Å²) >= 11 is 0. The van der Waals surface area contributed by atoms with Crippen LogP contribution < -0.4 is 4.52 Å². The molecule has 0 atom stereocenters. The van der Waals surface area contributed by atoms with E-state index in [0.29, 0.717) is 19.0 Å². The summed E-state index contributed by atoms with van der Waals surface area (Å²) in [6.07, 6.45) is 0. The van der Waals surface area contributed by atoms with Crippen molar-refractivity contribution in [2.24, 2.45) is 0 Å². The quantitative estimate of drug-likeness (QED) is 0.451. The first kappa shape index (κ1) is 10.3. The lowest BCUT2D eigenvalue weighted by Gasteiger charge is -2.08. The molecule has 0 aromatic heterocycles. The minimum Gasteiger partial charge on any atom is -0.427 e. The molecule has 0 radical (unpaired) electrons. The Morgan fingerprint density at radius 1 is 1.27 bits per heavy atom. The molecule has 0 saturated carbocycles. The Labute approximate surface area is 86.9 Å². The van der Waals surface area contributed by atoms with Gasteiger partial charge in [-0.2, -0.15) is 0 Å². The zero-order valence-corrected chi connectivity index (χ0v) is 8.55. The summed E-state index contributed by atoms with van der Waals surface area (Å²) < 4.78 is 15.5. The van der Waals surface area contributed by atoms with E-state index in [1.165, 1.54) is 24.3 Å². The molecule has 80 valence electrons. The second kappa shape index (κ2) is 4.53. The van der Waals surface area contributed by atoms with E-state index in [0.717, 1.165) is 0 Å². The highest BCUT2D eigenvalue weighted by Crippen LogP contribution is 2.43. The van der Waals surface area contributed by atoms with Crippen molar-refractivity contribution in [2.45, 2.75) is 0 Å². The number of hydrogen-bond donors (Lipinski definition) is 0. The van der Waals surface area contributed by atoms with Gasteiger partial charge in [0, 0.05) is 12.1 Å². The van der Waals surface area contributed by atoms with Gasteiger partial charge >= 0.3 is 8.60 Å². The van der Waals surface area contributed by atoms with Crippen molar-refractivity contribution >= 4 is 14.3 Å². The Morgan fingerprint density at radius 2 is 1.87 bits per heavy atom.